The first kappa shape index (κ1) is 13.6. The summed E-state index contributed by atoms with van der Waals surface area (Å²) in [5, 5.41) is 14.2. The lowest BCUT2D eigenvalue weighted by Crippen LogP contribution is -2.08. The SMILES string of the molecule is CSc1nc(N)cc(Sc2nnnn2C2CCCC2)n1. The summed E-state index contributed by atoms with van der Waals surface area (Å²) >= 11 is 2.90. The number of rotatable bonds is 4. The normalized spacial score (nSPS) is 15.8. The van der Waals surface area contributed by atoms with E-state index in [1.54, 1.807) is 6.07 Å². The van der Waals surface area contributed by atoms with Gasteiger partial charge in [0, 0.05) is 6.07 Å². The summed E-state index contributed by atoms with van der Waals surface area (Å²) in [5.74, 6) is 0.465. The minimum Gasteiger partial charge on any atom is -0.384 e. The Labute approximate surface area is 125 Å². The van der Waals surface area contributed by atoms with Gasteiger partial charge in [-0.1, -0.05) is 24.6 Å². The van der Waals surface area contributed by atoms with Crippen LogP contribution in [0.1, 0.15) is 31.7 Å². The van der Waals surface area contributed by atoms with E-state index in [1.165, 1.54) is 36.4 Å². The lowest BCUT2D eigenvalue weighted by Gasteiger charge is -2.10. The summed E-state index contributed by atoms with van der Waals surface area (Å²) in [6, 6.07) is 2.16. The zero-order valence-corrected chi connectivity index (χ0v) is 12.7. The highest BCUT2D eigenvalue weighted by molar-refractivity contribution is 7.99. The molecule has 2 heterocycles. The van der Waals surface area contributed by atoms with E-state index in [4.69, 9.17) is 5.73 Å². The molecule has 20 heavy (non-hydrogen) atoms. The summed E-state index contributed by atoms with van der Waals surface area (Å²) in [6.45, 7) is 0. The molecule has 0 radical (unpaired) electrons. The van der Waals surface area contributed by atoms with Crippen LogP contribution in [0.4, 0.5) is 5.82 Å². The maximum atomic E-state index is 5.79. The van der Waals surface area contributed by atoms with Crippen molar-refractivity contribution in [2.75, 3.05) is 12.0 Å². The standard InChI is InChI=1S/C11H15N7S2/c1-19-10-13-8(12)6-9(14-10)20-11-15-16-17-18(11)7-4-2-3-5-7/h6-7H,2-5H2,1H3,(H2,12,13,14). The predicted molar refractivity (Wildman–Crippen MR) is 77.7 cm³/mol. The second-order valence-corrected chi connectivity index (χ2v) is 6.33. The molecule has 0 aliphatic heterocycles. The van der Waals surface area contributed by atoms with Gasteiger partial charge in [0.05, 0.1) is 6.04 Å². The van der Waals surface area contributed by atoms with E-state index in [9.17, 15) is 0 Å². The number of tetrazole rings is 1. The minimum atomic E-state index is 0.409. The molecule has 0 bridgehead atoms. The van der Waals surface area contributed by atoms with Gasteiger partial charge in [-0.15, -0.1) is 5.10 Å². The maximum absolute atomic E-state index is 5.79. The number of anilines is 1. The Bertz CT molecular complexity index is 594. The van der Waals surface area contributed by atoms with E-state index in [0.717, 1.165) is 23.0 Å². The predicted octanol–water partition coefficient (Wildman–Crippen LogP) is 2.03. The van der Waals surface area contributed by atoms with Crippen LogP contribution in [0.15, 0.2) is 21.4 Å². The van der Waals surface area contributed by atoms with Gasteiger partial charge in [0.2, 0.25) is 5.16 Å². The van der Waals surface area contributed by atoms with Gasteiger partial charge in [-0.25, -0.2) is 14.6 Å². The first-order valence-electron chi connectivity index (χ1n) is 6.40. The second-order valence-electron chi connectivity index (χ2n) is 4.56. The average molecular weight is 309 g/mol. The van der Waals surface area contributed by atoms with E-state index in [1.807, 2.05) is 10.9 Å². The highest BCUT2D eigenvalue weighted by Gasteiger charge is 2.22. The smallest absolute Gasteiger partial charge is 0.215 e. The fourth-order valence-corrected chi connectivity index (χ4v) is 3.59. The molecule has 0 aromatic carbocycles. The third-order valence-corrected chi connectivity index (χ3v) is 4.63. The van der Waals surface area contributed by atoms with Gasteiger partial charge >= 0.3 is 0 Å². The molecule has 0 unspecified atom stereocenters. The quantitative estimate of drug-likeness (QED) is 0.521. The molecule has 0 amide bonds. The van der Waals surface area contributed by atoms with E-state index < -0.39 is 0 Å². The van der Waals surface area contributed by atoms with Crippen LogP contribution < -0.4 is 5.73 Å². The number of aromatic nitrogens is 6. The molecule has 1 saturated carbocycles. The van der Waals surface area contributed by atoms with E-state index in [0.29, 0.717) is 17.0 Å². The molecule has 2 aromatic heterocycles. The van der Waals surface area contributed by atoms with Gasteiger partial charge in [0.25, 0.3) is 0 Å². The van der Waals surface area contributed by atoms with E-state index in [-0.39, 0.29) is 0 Å². The van der Waals surface area contributed by atoms with Crippen LogP contribution in [0.3, 0.4) is 0 Å². The third-order valence-electron chi connectivity index (χ3n) is 3.21. The maximum Gasteiger partial charge on any atom is 0.215 e. The van der Waals surface area contributed by atoms with Gasteiger partial charge in [-0.3, -0.25) is 0 Å². The van der Waals surface area contributed by atoms with Gasteiger partial charge in [-0.05, 0) is 41.3 Å². The van der Waals surface area contributed by atoms with Crippen LogP contribution in [-0.2, 0) is 0 Å². The third kappa shape index (κ3) is 2.88. The number of nitrogens with two attached hydrogens (primary N) is 1. The number of hydrogen-bond acceptors (Lipinski definition) is 8. The van der Waals surface area contributed by atoms with Crippen LogP contribution in [0.25, 0.3) is 0 Å². The Hall–Kier alpha value is -1.35. The molecule has 0 saturated heterocycles. The molecule has 1 aliphatic rings. The first-order valence-corrected chi connectivity index (χ1v) is 8.44. The highest BCUT2D eigenvalue weighted by atomic mass is 32.2. The molecule has 2 aromatic rings. The largest absolute Gasteiger partial charge is 0.384 e. The molecule has 1 fully saturated rings. The van der Waals surface area contributed by atoms with Crippen molar-refractivity contribution in [1.82, 2.24) is 30.2 Å². The summed E-state index contributed by atoms with van der Waals surface area (Å²) in [5.41, 5.74) is 5.79. The lowest BCUT2D eigenvalue weighted by molar-refractivity contribution is 0.423. The molecule has 0 atom stereocenters. The van der Waals surface area contributed by atoms with Gasteiger partial charge in [0.1, 0.15) is 10.8 Å². The summed E-state index contributed by atoms with van der Waals surface area (Å²) in [6.07, 6.45) is 6.68. The van der Waals surface area contributed by atoms with E-state index >= 15 is 0 Å². The molecule has 0 spiro atoms. The molecule has 1 aliphatic carbocycles. The zero-order chi connectivity index (χ0) is 13.9. The Morgan fingerprint density at radius 3 is 2.85 bits per heavy atom. The van der Waals surface area contributed by atoms with Crippen LogP contribution in [-0.4, -0.2) is 36.4 Å². The van der Waals surface area contributed by atoms with E-state index in [2.05, 4.69) is 25.5 Å². The Morgan fingerprint density at radius 1 is 1.30 bits per heavy atom. The monoisotopic (exact) mass is 309 g/mol. The van der Waals surface area contributed by atoms with Crippen LogP contribution >= 0.6 is 23.5 Å². The molecule has 9 heteroatoms. The zero-order valence-electron chi connectivity index (χ0n) is 11.1. The van der Waals surface area contributed by atoms with Gasteiger partial charge in [-0.2, -0.15) is 0 Å². The Kier molecular flexibility index (Phi) is 4.06. The number of hydrogen-bond donors (Lipinski definition) is 1. The number of nitrogen functional groups attached to an aromatic ring is 1. The minimum absolute atomic E-state index is 0.409. The molecule has 7 nitrogen and oxygen atoms in total. The fourth-order valence-electron chi connectivity index (χ4n) is 2.29. The van der Waals surface area contributed by atoms with Crippen LogP contribution in [0.2, 0.25) is 0 Å². The fraction of sp³-hybridized carbons (Fsp3) is 0.545. The van der Waals surface area contributed by atoms with Gasteiger partial charge in [0.15, 0.2) is 5.16 Å². The number of nitrogens with zero attached hydrogens (tertiary/aromatic N) is 6. The van der Waals surface area contributed by atoms with Crippen molar-refractivity contribution in [3.63, 3.8) is 0 Å². The van der Waals surface area contributed by atoms with Crippen molar-refractivity contribution in [1.29, 1.82) is 0 Å². The van der Waals surface area contributed by atoms with Gasteiger partial charge < -0.3 is 5.73 Å². The van der Waals surface area contributed by atoms with Crippen molar-refractivity contribution in [3.8, 4) is 0 Å². The summed E-state index contributed by atoms with van der Waals surface area (Å²) in [7, 11) is 0. The van der Waals surface area contributed by atoms with Crippen molar-refractivity contribution in [2.45, 2.75) is 47.1 Å². The molecular formula is C11H15N7S2. The average Bonchev–Trinajstić information content (AvgIpc) is 3.08. The summed E-state index contributed by atoms with van der Waals surface area (Å²) in [4.78, 5) is 8.56. The molecule has 106 valence electrons. The lowest BCUT2D eigenvalue weighted by atomic mass is 10.3. The second kappa shape index (κ2) is 5.96. The highest BCUT2D eigenvalue weighted by Crippen LogP contribution is 2.33. The Morgan fingerprint density at radius 2 is 2.10 bits per heavy atom. The molecule has 3 rings (SSSR count). The number of thioether (sulfide) groups is 1. The van der Waals surface area contributed by atoms with Crippen LogP contribution in [0, 0.1) is 0 Å². The Balaban J connectivity index is 1.84. The first-order chi connectivity index (χ1) is 9.76. The molecule has 2 N–H and O–H groups in total. The van der Waals surface area contributed by atoms with Crippen molar-refractivity contribution < 1.29 is 0 Å². The van der Waals surface area contributed by atoms with Crippen molar-refractivity contribution >= 4 is 29.3 Å². The van der Waals surface area contributed by atoms with Crippen molar-refractivity contribution in [3.05, 3.63) is 6.07 Å². The van der Waals surface area contributed by atoms with Crippen LogP contribution in [0.5, 0.6) is 0 Å². The van der Waals surface area contributed by atoms with Crippen molar-refractivity contribution in [2.24, 2.45) is 0 Å². The molecular weight excluding hydrogens is 294 g/mol. The summed E-state index contributed by atoms with van der Waals surface area (Å²) < 4.78 is 1.91. The topological polar surface area (TPSA) is 95.4 Å².